The van der Waals surface area contributed by atoms with Crippen LogP contribution in [0.4, 0.5) is 0 Å². The van der Waals surface area contributed by atoms with Gasteiger partial charge in [-0.05, 0) is 52.7 Å². The molecule has 0 aliphatic heterocycles. The summed E-state index contributed by atoms with van der Waals surface area (Å²) in [5, 5.41) is 12.2. The molecule has 0 unspecified atom stereocenters. The first-order valence-electron chi connectivity index (χ1n) is 6.59. The Bertz CT molecular complexity index is 676. The predicted octanol–water partition coefficient (Wildman–Crippen LogP) is 4.68. The molecular weight excluding hydrogens is 370 g/mol. The van der Waals surface area contributed by atoms with Gasteiger partial charge in [-0.1, -0.05) is 28.9 Å². The Morgan fingerprint density at radius 3 is 2.73 bits per heavy atom. The van der Waals surface area contributed by atoms with Crippen molar-refractivity contribution in [3.05, 3.63) is 57.0 Å². The predicted molar refractivity (Wildman–Crippen MR) is 90.7 cm³/mol. The fraction of sp³-hybridized carbons (Fsp3) is 0.188. The molecule has 22 heavy (non-hydrogen) atoms. The van der Waals surface area contributed by atoms with E-state index in [-0.39, 0.29) is 0 Å². The Hall–Kier alpha value is -1.72. The summed E-state index contributed by atoms with van der Waals surface area (Å²) >= 11 is 9.34. The van der Waals surface area contributed by atoms with Crippen molar-refractivity contribution in [3.63, 3.8) is 0 Å². The molecule has 0 saturated carbocycles. The Balaban J connectivity index is 1.97. The van der Waals surface area contributed by atoms with Crippen LogP contribution in [0.3, 0.4) is 0 Å². The molecule has 2 rings (SSSR count). The summed E-state index contributed by atoms with van der Waals surface area (Å²) in [6.07, 6.45) is 1.27. The number of oxime groups is 1. The van der Waals surface area contributed by atoms with E-state index in [1.54, 1.807) is 12.1 Å². The third kappa shape index (κ3) is 4.64. The van der Waals surface area contributed by atoms with Crippen LogP contribution in [0.25, 0.3) is 0 Å². The number of ether oxygens (including phenoxy) is 2. The van der Waals surface area contributed by atoms with E-state index in [2.05, 4.69) is 21.1 Å². The second-order valence-electron chi connectivity index (χ2n) is 4.56. The lowest BCUT2D eigenvalue weighted by Crippen LogP contribution is -2.10. The molecule has 0 amide bonds. The van der Waals surface area contributed by atoms with Gasteiger partial charge in [0.25, 0.3) is 0 Å². The van der Waals surface area contributed by atoms with Gasteiger partial charge in [0.1, 0.15) is 24.7 Å². The van der Waals surface area contributed by atoms with Gasteiger partial charge in [-0.25, -0.2) is 0 Å². The van der Waals surface area contributed by atoms with Crippen molar-refractivity contribution < 1.29 is 14.7 Å². The first-order chi connectivity index (χ1) is 10.6. The molecule has 0 heterocycles. The van der Waals surface area contributed by atoms with Crippen LogP contribution in [0.1, 0.15) is 11.1 Å². The number of rotatable bonds is 6. The highest BCUT2D eigenvalue weighted by Gasteiger charge is 2.09. The highest BCUT2D eigenvalue weighted by atomic mass is 79.9. The van der Waals surface area contributed by atoms with Crippen LogP contribution in [0.15, 0.2) is 46.0 Å². The highest BCUT2D eigenvalue weighted by Crippen LogP contribution is 2.31. The summed E-state index contributed by atoms with van der Waals surface area (Å²) in [7, 11) is 0. The fourth-order valence-electron chi connectivity index (χ4n) is 1.90. The third-order valence-corrected chi connectivity index (χ3v) is 3.63. The Kier molecular flexibility index (Phi) is 6.10. The van der Waals surface area contributed by atoms with E-state index in [9.17, 15) is 0 Å². The standard InChI is InChI=1S/C16H15BrClNO3/c1-11-3-2-4-14(7-11)21-5-6-22-16-12(10-19-20)8-13(18)9-15(16)17/h2-4,7-10,20H,5-6H2,1H3. The van der Waals surface area contributed by atoms with Crippen LogP contribution >= 0.6 is 27.5 Å². The van der Waals surface area contributed by atoms with Crippen molar-refractivity contribution in [3.8, 4) is 11.5 Å². The summed E-state index contributed by atoms with van der Waals surface area (Å²) < 4.78 is 12.0. The Morgan fingerprint density at radius 2 is 2.00 bits per heavy atom. The van der Waals surface area contributed by atoms with Gasteiger partial charge >= 0.3 is 0 Å². The quantitative estimate of drug-likeness (QED) is 0.340. The zero-order valence-corrected chi connectivity index (χ0v) is 14.3. The molecule has 0 aliphatic carbocycles. The third-order valence-electron chi connectivity index (χ3n) is 2.82. The average molecular weight is 385 g/mol. The zero-order chi connectivity index (χ0) is 15.9. The summed E-state index contributed by atoms with van der Waals surface area (Å²) in [6.45, 7) is 2.75. The smallest absolute Gasteiger partial charge is 0.142 e. The van der Waals surface area contributed by atoms with E-state index in [1.807, 2.05) is 31.2 Å². The minimum Gasteiger partial charge on any atom is -0.490 e. The van der Waals surface area contributed by atoms with Crippen LogP contribution < -0.4 is 9.47 Å². The average Bonchev–Trinajstić information content (AvgIpc) is 2.46. The maximum absolute atomic E-state index is 8.70. The molecule has 0 bridgehead atoms. The molecule has 0 saturated heterocycles. The minimum absolute atomic E-state index is 0.348. The number of nitrogens with zero attached hydrogens (tertiary/aromatic N) is 1. The first kappa shape index (κ1) is 16.6. The molecular formula is C16H15BrClNO3. The van der Waals surface area contributed by atoms with Gasteiger partial charge in [-0.15, -0.1) is 0 Å². The highest BCUT2D eigenvalue weighted by molar-refractivity contribution is 9.10. The SMILES string of the molecule is Cc1cccc(OCCOc2c(Br)cc(Cl)cc2C=NO)c1. The fourth-order valence-corrected chi connectivity index (χ4v) is 2.85. The van der Waals surface area contributed by atoms with Gasteiger partial charge < -0.3 is 14.7 Å². The minimum atomic E-state index is 0.348. The van der Waals surface area contributed by atoms with Gasteiger partial charge in [-0.2, -0.15) is 0 Å². The van der Waals surface area contributed by atoms with Crippen LogP contribution in [-0.4, -0.2) is 24.6 Å². The van der Waals surface area contributed by atoms with Gasteiger partial charge in [0.15, 0.2) is 0 Å². The number of hydrogen-bond acceptors (Lipinski definition) is 4. The first-order valence-corrected chi connectivity index (χ1v) is 7.76. The van der Waals surface area contributed by atoms with Crippen molar-refractivity contribution in [2.75, 3.05) is 13.2 Å². The number of benzene rings is 2. The maximum atomic E-state index is 8.70. The summed E-state index contributed by atoms with van der Waals surface area (Å²) in [4.78, 5) is 0. The van der Waals surface area contributed by atoms with E-state index in [0.717, 1.165) is 11.3 Å². The Labute approximate surface area is 142 Å². The zero-order valence-electron chi connectivity index (χ0n) is 11.9. The number of hydrogen-bond donors (Lipinski definition) is 1. The summed E-state index contributed by atoms with van der Waals surface area (Å²) in [5.41, 5.74) is 1.72. The van der Waals surface area contributed by atoms with Crippen LogP contribution in [0.2, 0.25) is 5.02 Å². The van der Waals surface area contributed by atoms with E-state index in [4.69, 9.17) is 26.3 Å². The molecule has 0 radical (unpaired) electrons. The molecule has 4 nitrogen and oxygen atoms in total. The largest absolute Gasteiger partial charge is 0.490 e. The van der Waals surface area contributed by atoms with E-state index in [1.165, 1.54) is 6.21 Å². The molecule has 0 aliphatic rings. The monoisotopic (exact) mass is 383 g/mol. The molecule has 2 aromatic rings. The van der Waals surface area contributed by atoms with Crippen molar-refractivity contribution >= 4 is 33.7 Å². The van der Waals surface area contributed by atoms with Crippen molar-refractivity contribution in [1.82, 2.24) is 0 Å². The van der Waals surface area contributed by atoms with E-state index >= 15 is 0 Å². The molecule has 116 valence electrons. The van der Waals surface area contributed by atoms with Crippen LogP contribution in [-0.2, 0) is 0 Å². The van der Waals surface area contributed by atoms with Gasteiger partial charge in [-0.3, -0.25) is 0 Å². The van der Waals surface area contributed by atoms with Gasteiger partial charge in [0.2, 0.25) is 0 Å². The lowest BCUT2D eigenvalue weighted by molar-refractivity contribution is 0.216. The van der Waals surface area contributed by atoms with E-state index in [0.29, 0.717) is 34.0 Å². The van der Waals surface area contributed by atoms with Gasteiger partial charge in [0, 0.05) is 10.6 Å². The van der Waals surface area contributed by atoms with Gasteiger partial charge in [0.05, 0.1) is 10.7 Å². The summed E-state index contributed by atoms with van der Waals surface area (Å²) in [5.74, 6) is 1.35. The second-order valence-corrected chi connectivity index (χ2v) is 5.85. The molecule has 0 aromatic heterocycles. The molecule has 0 spiro atoms. The molecule has 0 atom stereocenters. The van der Waals surface area contributed by atoms with Crippen LogP contribution in [0.5, 0.6) is 11.5 Å². The van der Waals surface area contributed by atoms with E-state index < -0.39 is 0 Å². The van der Waals surface area contributed by atoms with Crippen molar-refractivity contribution in [1.29, 1.82) is 0 Å². The van der Waals surface area contributed by atoms with Crippen LogP contribution in [0, 0.1) is 6.92 Å². The molecule has 0 fully saturated rings. The van der Waals surface area contributed by atoms with Crippen molar-refractivity contribution in [2.45, 2.75) is 6.92 Å². The molecule has 2 aromatic carbocycles. The Morgan fingerprint density at radius 1 is 1.23 bits per heavy atom. The lowest BCUT2D eigenvalue weighted by atomic mass is 10.2. The molecule has 6 heteroatoms. The van der Waals surface area contributed by atoms with Crippen molar-refractivity contribution in [2.24, 2.45) is 5.16 Å². The second kappa shape index (κ2) is 8.06. The topological polar surface area (TPSA) is 51.0 Å². The number of aryl methyl sites for hydroxylation is 1. The number of halogens is 2. The molecule has 1 N–H and O–H groups in total. The lowest BCUT2D eigenvalue weighted by Gasteiger charge is -2.12. The maximum Gasteiger partial charge on any atom is 0.142 e. The summed E-state index contributed by atoms with van der Waals surface area (Å²) in [6, 6.07) is 11.2. The normalized spacial score (nSPS) is 10.9.